The number of nitrogens with one attached hydrogen (secondary N) is 2. The number of hydrogen-bond acceptors (Lipinski definition) is 5. The fourth-order valence-corrected chi connectivity index (χ4v) is 2.47. The first kappa shape index (κ1) is 17.0. The molecular formula is C19H22N2O4. The lowest BCUT2D eigenvalue weighted by Crippen LogP contribution is -2.22. The van der Waals surface area contributed by atoms with E-state index in [0.29, 0.717) is 30.4 Å². The second-order valence-electron chi connectivity index (χ2n) is 5.92. The van der Waals surface area contributed by atoms with E-state index >= 15 is 0 Å². The van der Waals surface area contributed by atoms with Gasteiger partial charge >= 0.3 is 0 Å². The Labute approximate surface area is 147 Å². The minimum Gasteiger partial charge on any atom is -0.489 e. The van der Waals surface area contributed by atoms with Crippen LogP contribution in [0.25, 0.3) is 0 Å². The average Bonchev–Trinajstić information content (AvgIpc) is 2.60. The van der Waals surface area contributed by atoms with E-state index in [0.717, 1.165) is 11.4 Å². The number of ether oxygens (including phenoxy) is 3. The maximum absolute atomic E-state index is 12.2. The van der Waals surface area contributed by atoms with Gasteiger partial charge in [-0.1, -0.05) is 12.1 Å². The molecule has 1 heterocycles. The van der Waals surface area contributed by atoms with Gasteiger partial charge in [-0.2, -0.15) is 0 Å². The number of anilines is 2. The largest absolute Gasteiger partial charge is 0.489 e. The fourth-order valence-electron chi connectivity index (χ4n) is 2.47. The lowest BCUT2D eigenvalue weighted by Gasteiger charge is -2.19. The van der Waals surface area contributed by atoms with Crippen LogP contribution in [0.15, 0.2) is 42.5 Å². The molecule has 0 unspecified atom stereocenters. The lowest BCUT2D eigenvalue weighted by atomic mass is 10.2. The van der Waals surface area contributed by atoms with Crippen LogP contribution in [-0.4, -0.2) is 31.8 Å². The third-order valence-corrected chi connectivity index (χ3v) is 3.52. The van der Waals surface area contributed by atoms with Crippen molar-refractivity contribution in [3.05, 3.63) is 42.5 Å². The molecule has 0 bridgehead atoms. The summed E-state index contributed by atoms with van der Waals surface area (Å²) in [6.45, 7) is 5.11. The van der Waals surface area contributed by atoms with Crippen molar-refractivity contribution in [1.82, 2.24) is 0 Å². The van der Waals surface area contributed by atoms with E-state index in [1.54, 1.807) is 18.2 Å². The maximum Gasteiger partial charge on any atom is 0.243 e. The third kappa shape index (κ3) is 4.56. The number of para-hydroxylation sites is 2. The van der Waals surface area contributed by atoms with Gasteiger partial charge in [-0.25, -0.2) is 0 Å². The highest BCUT2D eigenvalue weighted by atomic mass is 16.6. The van der Waals surface area contributed by atoms with Gasteiger partial charge in [0.2, 0.25) is 5.91 Å². The average molecular weight is 342 g/mol. The molecule has 0 saturated carbocycles. The van der Waals surface area contributed by atoms with Gasteiger partial charge in [-0.15, -0.1) is 0 Å². The van der Waals surface area contributed by atoms with Crippen molar-refractivity contribution in [1.29, 1.82) is 0 Å². The molecule has 3 rings (SSSR count). The summed E-state index contributed by atoms with van der Waals surface area (Å²) in [6.07, 6.45) is 0.0643. The molecule has 132 valence electrons. The molecular weight excluding hydrogens is 320 g/mol. The monoisotopic (exact) mass is 342 g/mol. The molecule has 1 aliphatic rings. The number of amides is 1. The third-order valence-electron chi connectivity index (χ3n) is 3.52. The minimum absolute atomic E-state index is 0.0643. The van der Waals surface area contributed by atoms with Crippen LogP contribution in [-0.2, 0) is 4.79 Å². The number of rotatable bonds is 6. The van der Waals surface area contributed by atoms with Gasteiger partial charge in [-0.3, -0.25) is 4.79 Å². The summed E-state index contributed by atoms with van der Waals surface area (Å²) in [6, 6.07) is 12.9. The van der Waals surface area contributed by atoms with Crippen LogP contribution in [0.3, 0.4) is 0 Å². The molecule has 1 amide bonds. The first-order valence-corrected chi connectivity index (χ1v) is 8.31. The number of benzene rings is 2. The fraction of sp³-hybridized carbons (Fsp3) is 0.316. The second-order valence-corrected chi connectivity index (χ2v) is 5.92. The molecule has 0 fully saturated rings. The Morgan fingerprint density at radius 3 is 2.68 bits per heavy atom. The zero-order valence-corrected chi connectivity index (χ0v) is 14.4. The van der Waals surface area contributed by atoms with Gasteiger partial charge < -0.3 is 24.8 Å². The minimum atomic E-state index is -0.156. The molecule has 2 aromatic rings. The zero-order valence-electron chi connectivity index (χ0n) is 14.4. The first-order valence-electron chi connectivity index (χ1n) is 8.31. The van der Waals surface area contributed by atoms with Crippen LogP contribution in [0.1, 0.15) is 13.8 Å². The lowest BCUT2D eigenvalue weighted by molar-refractivity contribution is -0.114. The molecule has 0 aromatic heterocycles. The molecule has 0 aliphatic carbocycles. The highest BCUT2D eigenvalue weighted by Crippen LogP contribution is 2.32. The highest BCUT2D eigenvalue weighted by Gasteiger charge is 2.13. The number of carbonyl (C=O) groups excluding carboxylic acids is 1. The van der Waals surface area contributed by atoms with E-state index in [-0.39, 0.29) is 18.6 Å². The number of hydrogen-bond donors (Lipinski definition) is 2. The van der Waals surface area contributed by atoms with Crippen molar-refractivity contribution in [3.8, 4) is 17.2 Å². The summed E-state index contributed by atoms with van der Waals surface area (Å²) in [5.74, 6) is 1.91. The number of carbonyl (C=O) groups is 1. The molecule has 25 heavy (non-hydrogen) atoms. The van der Waals surface area contributed by atoms with Gasteiger partial charge in [0.25, 0.3) is 0 Å². The Bertz CT molecular complexity index is 746. The Balaban J connectivity index is 1.58. The smallest absolute Gasteiger partial charge is 0.243 e. The van der Waals surface area contributed by atoms with Crippen molar-refractivity contribution in [3.63, 3.8) is 0 Å². The van der Waals surface area contributed by atoms with Crippen LogP contribution in [0.2, 0.25) is 0 Å². The predicted molar refractivity (Wildman–Crippen MR) is 96.8 cm³/mol. The van der Waals surface area contributed by atoms with E-state index in [9.17, 15) is 4.79 Å². The van der Waals surface area contributed by atoms with E-state index in [4.69, 9.17) is 14.2 Å². The molecule has 0 saturated heterocycles. The molecule has 2 aromatic carbocycles. The van der Waals surface area contributed by atoms with Crippen molar-refractivity contribution < 1.29 is 19.0 Å². The Morgan fingerprint density at radius 1 is 1.12 bits per heavy atom. The van der Waals surface area contributed by atoms with Crippen LogP contribution in [0, 0.1) is 0 Å². The Kier molecular flexibility index (Phi) is 5.28. The normalized spacial score (nSPS) is 12.6. The van der Waals surface area contributed by atoms with Gasteiger partial charge in [0, 0.05) is 11.8 Å². The van der Waals surface area contributed by atoms with Crippen molar-refractivity contribution in [2.75, 3.05) is 30.4 Å². The molecule has 2 N–H and O–H groups in total. The first-order chi connectivity index (χ1) is 12.1. The summed E-state index contributed by atoms with van der Waals surface area (Å²) in [5.41, 5.74) is 1.45. The maximum atomic E-state index is 12.2. The molecule has 0 atom stereocenters. The SMILES string of the molecule is CC(C)Oc1ccccc1NCC(=O)Nc1ccc2c(c1)OCCO2. The van der Waals surface area contributed by atoms with E-state index in [1.807, 2.05) is 38.1 Å². The van der Waals surface area contributed by atoms with Crippen LogP contribution < -0.4 is 24.8 Å². The van der Waals surface area contributed by atoms with Crippen molar-refractivity contribution >= 4 is 17.3 Å². The summed E-state index contributed by atoms with van der Waals surface area (Å²) >= 11 is 0. The topological polar surface area (TPSA) is 68.8 Å². The van der Waals surface area contributed by atoms with Crippen LogP contribution in [0.4, 0.5) is 11.4 Å². The summed E-state index contributed by atoms with van der Waals surface area (Å²) in [5, 5.41) is 5.95. The highest BCUT2D eigenvalue weighted by molar-refractivity contribution is 5.94. The van der Waals surface area contributed by atoms with E-state index < -0.39 is 0 Å². The van der Waals surface area contributed by atoms with Gasteiger partial charge in [0.15, 0.2) is 11.5 Å². The summed E-state index contributed by atoms with van der Waals surface area (Å²) < 4.78 is 16.7. The van der Waals surface area contributed by atoms with Crippen LogP contribution >= 0.6 is 0 Å². The van der Waals surface area contributed by atoms with Gasteiger partial charge in [0.05, 0.1) is 18.3 Å². The van der Waals surface area contributed by atoms with E-state index in [1.165, 1.54) is 0 Å². The standard InChI is InChI=1S/C19H22N2O4/c1-13(2)25-16-6-4-3-5-15(16)20-12-19(22)21-14-7-8-17-18(11-14)24-10-9-23-17/h3-8,11,13,20H,9-10,12H2,1-2H3,(H,21,22). The molecule has 1 aliphatic heterocycles. The molecule has 0 spiro atoms. The zero-order chi connectivity index (χ0) is 17.6. The Hall–Kier alpha value is -2.89. The van der Waals surface area contributed by atoms with Gasteiger partial charge in [0.1, 0.15) is 19.0 Å². The quantitative estimate of drug-likeness (QED) is 0.843. The molecule has 6 nitrogen and oxygen atoms in total. The van der Waals surface area contributed by atoms with Crippen LogP contribution in [0.5, 0.6) is 17.2 Å². The second kappa shape index (κ2) is 7.79. The molecule has 6 heteroatoms. The van der Waals surface area contributed by atoms with E-state index in [2.05, 4.69) is 10.6 Å². The summed E-state index contributed by atoms with van der Waals surface area (Å²) in [7, 11) is 0. The summed E-state index contributed by atoms with van der Waals surface area (Å²) in [4.78, 5) is 12.2. The molecule has 0 radical (unpaired) electrons. The van der Waals surface area contributed by atoms with Gasteiger partial charge in [-0.05, 0) is 38.1 Å². The van der Waals surface area contributed by atoms with Crippen molar-refractivity contribution in [2.24, 2.45) is 0 Å². The Morgan fingerprint density at radius 2 is 1.88 bits per heavy atom. The number of fused-ring (bicyclic) bond motifs is 1. The van der Waals surface area contributed by atoms with Crippen molar-refractivity contribution in [2.45, 2.75) is 20.0 Å². The predicted octanol–water partition coefficient (Wildman–Crippen LogP) is 3.30.